The summed E-state index contributed by atoms with van der Waals surface area (Å²) in [6.45, 7) is -0.214. The van der Waals surface area contributed by atoms with Crippen LogP contribution in [0.1, 0.15) is 0 Å². The number of rotatable bonds is 4. The minimum Gasteiger partial charge on any atom is -0.480 e. The monoisotopic (exact) mass is 347 g/mol. The lowest BCUT2D eigenvalue weighted by atomic mass is 10.1. The fourth-order valence-corrected chi connectivity index (χ4v) is 2.65. The lowest BCUT2D eigenvalue weighted by Crippen LogP contribution is -2.09. The quantitative estimate of drug-likeness (QED) is 0.774. The van der Waals surface area contributed by atoms with Gasteiger partial charge >= 0.3 is 5.97 Å². The molecule has 5 nitrogen and oxygen atoms in total. The van der Waals surface area contributed by atoms with Crippen LogP contribution in [0.5, 0.6) is 0 Å². The van der Waals surface area contributed by atoms with Gasteiger partial charge in [-0.3, -0.25) is 9.78 Å². The molecule has 116 valence electrons. The Morgan fingerprint density at radius 3 is 2.57 bits per heavy atom. The van der Waals surface area contributed by atoms with Crippen molar-refractivity contribution in [3.05, 3.63) is 59.1 Å². The Kier molecular flexibility index (Phi) is 4.32. The molecule has 0 aliphatic heterocycles. The molecule has 1 N–H and O–H groups in total. The minimum absolute atomic E-state index is 0.214. The van der Waals surface area contributed by atoms with Gasteiger partial charge < -0.3 is 9.67 Å². The molecule has 3 rings (SSSR count). The molecule has 7 heteroatoms. The molecule has 0 amide bonds. The SMILES string of the molecule is O=C(O)Cn1cnc(-c2ccc(Cl)cc2)c1-c1ccncc1Cl. The smallest absolute Gasteiger partial charge is 0.323 e. The third-order valence-corrected chi connectivity index (χ3v) is 3.84. The third kappa shape index (κ3) is 3.21. The molecular weight excluding hydrogens is 337 g/mol. The molecule has 2 aromatic heterocycles. The summed E-state index contributed by atoms with van der Waals surface area (Å²) >= 11 is 12.2. The Morgan fingerprint density at radius 2 is 1.91 bits per heavy atom. The molecule has 0 saturated heterocycles. The van der Waals surface area contributed by atoms with E-state index in [2.05, 4.69) is 9.97 Å². The Bertz CT molecular complexity index is 860. The molecule has 1 aromatic carbocycles. The molecule has 0 saturated carbocycles. The van der Waals surface area contributed by atoms with E-state index in [1.54, 1.807) is 29.0 Å². The van der Waals surface area contributed by atoms with E-state index in [1.807, 2.05) is 12.1 Å². The summed E-state index contributed by atoms with van der Waals surface area (Å²) in [7, 11) is 0. The summed E-state index contributed by atoms with van der Waals surface area (Å²) in [6.07, 6.45) is 4.61. The van der Waals surface area contributed by atoms with Gasteiger partial charge in [-0.2, -0.15) is 0 Å². The zero-order valence-electron chi connectivity index (χ0n) is 11.8. The highest BCUT2D eigenvalue weighted by molar-refractivity contribution is 6.33. The first kappa shape index (κ1) is 15.5. The van der Waals surface area contributed by atoms with E-state index in [4.69, 9.17) is 28.3 Å². The van der Waals surface area contributed by atoms with Crippen molar-refractivity contribution < 1.29 is 9.90 Å². The maximum Gasteiger partial charge on any atom is 0.323 e. The van der Waals surface area contributed by atoms with E-state index in [0.717, 1.165) is 5.56 Å². The summed E-state index contributed by atoms with van der Waals surface area (Å²) < 4.78 is 1.55. The van der Waals surface area contributed by atoms with Crippen molar-refractivity contribution in [2.75, 3.05) is 0 Å². The van der Waals surface area contributed by atoms with Gasteiger partial charge in [0, 0.05) is 28.5 Å². The van der Waals surface area contributed by atoms with Gasteiger partial charge in [-0.1, -0.05) is 35.3 Å². The number of pyridine rings is 1. The van der Waals surface area contributed by atoms with Crippen molar-refractivity contribution >= 4 is 29.2 Å². The van der Waals surface area contributed by atoms with Crippen LogP contribution in [0.3, 0.4) is 0 Å². The number of nitrogens with zero attached hydrogens (tertiary/aromatic N) is 3. The number of hydrogen-bond donors (Lipinski definition) is 1. The average molecular weight is 348 g/mol. The van der Waals surface area contributed by atoms with Crippen LogP contribution in [0.15, 0.2) is 49.1 Å². The van der Waals surface area contributed by atoms with Crippen LogP contribution in [0.2, 0.25) is 10.0 Å². The number of carboxylic acid groups (broad SMARTS) is 1. The molecule has 0 radical (unpaired) electrons. The third-order valence-electron chi connectivity index (χ3n) is 3.29. The molecule has 0 spiro atoms. The van der Waals surface area contributed by atoms with Crippen molar-refractivity contribution in [2.45, 2.75) is 6.54 Å². The second-order valence-corrected chi connectivity index (χ2v) is 5.67. The highest BCUT2D eigenvalue weighted by Crippen LogP contribution is 2.35. The number of imidazole rings is 1. The van der Waals surface area contributed by atoms with Crippen LogP contribution in [-0.4, -0.2) is 25.6 Å². The molecular formula is C16H11Cl2N3O2. The predicted molar refractivity (Wildman–Crippen MR) is 88.5 cm³/mol. The fraction of sp³-hybridized carbons (Fsp3) is 0.0625. The molecule has 23 heavy (non-hydrogen) atoms. The number of hydrogen-bond acceptors (Lipinski definition) is 3. The van der Waals surface area contributed by atoms with Gasteiger partial charge in [0.2, 0.25) is 0 Å². The zero-order chi connectivity index (χ0) is 16.4. The highest BCUT2D eigenvalue weighted by Gasteiger charge is 2.18. The first-order valence-electron chi connectivity index (χ1n) is 6.69. The molecule has 0 atom stereocenters. The number of halogens is 2. The lowest BCUT2D eigenvalue weighted by molar-refractivity contribution is -0.137. The van der Waals surface area contributed by atoms with Gasteiger partial charge in [0.15, 0.2) is 0 Å². The molecule has 0 bridgehead atoms. The summed E-state index contributed by atoms with van der Waals surface area (Å²) in [5.41, 5.74) is 2.75. The van der Waals surface area contributed by atoms with Crippen LogP contribution in [-0.2, 0) is 11.3 Å². The molecule has 0 fully saturated rings. The van der Waals surface area contributed by atoms with Crippen molar-refractivity contribution in [1.29, 1.82) is 0 Å². The topological polar surface area (TPSA) is 68.0 Å². The van der Waals surface area contributed by atoms with E-state index < -0.39 is 5.97 Å². The number of aliphatic carboxylic acids is 1. The summed E-state index contributed by atoms with van der Waals surface area (Å²) in [6, 6.07) is 8.90. The second kappa shape index (κ2) is 6.40. The Balaban J connectivity index is 2.21. The second-order valence-electron chi connectivity index (χ2n) is 4.83. The van der Waals surface area contributed by atoms with Gasteiger partial charge in [-0.25, -0.2) is 4.98 Å². The van der Waals surface area contributed by atoms with Gasteiger partial charge in [0.1, 0.15) is 6.54 Å². The van der Waals surface area contributed by atoms with Crippen LogP contribution < -0.4 is 0 Å². The van der Waals surface area contributed by atoms with Crippen molar-refractivity contribution in [1.82, 2.24) is 14.5 Å². The molecule has 0 aliphatic carbocycles. The summed E-state index contributed by atoms with van der Waals surface area (Å²) in [5.74, 6) is -0.962. The van der Waals surface area contributed by atoms with E-state index >= 15 is 0 Å². The van der Waals surface area contributed by atoms with Crippen molar-refractivity contribution in [3.63, 3.8) is 0 Å². The van der Waals surface area contributed by atoms with E-state index in [1.165, 1.54) is 12.5 Å². The van der Waals surface area contributed by atoms with Crippen LogP contribution in [0.25, 0.3) is 22.5 Å². The van der Waals surface area contributed by atoms with Crippen LogP contribution in [0, 0.1) is 0 Å². The van der Waals surface area contributed by atoms with E-state index in [0.29, 0.717) is 27.0 Å². The molecule has 0 aliphatic rings. The maximum atomic E-state index is 11.1. The molecule has 0 unspecified atom stereocenters. The molecule has 3 aromatic rings. The van der Waals surface area contributed by atoms with Gasteiger partial charge in [-0.05, 0) is 18.2 Å². The predicted octanol–water partition coefficient (Wildman–Crippen LogP) is 4.00. The zero-order valence-corrected chi connectivity index (χ0v) is 13.3. The largest absolute Gasteiger partial charge is 0.480 e. The van der Waals surface area contributed by atoms with Crippen molar-refractivity contribution in [3.8, 4) is 22.5 Å². The van der Waals surface area contributed by atoms with Crippen LogP contribution >= 0.6 is 23.2 Å². The standard InChI is InChI=1S/C16H11Cl2N3O2/c17-11-3-1-10(2-4-11)15-16(12-5-6-19-7-13(12)18)21(9-20-15)8-14(22)23/h1-7,9H,8H2,(H,22,23). The number of benzene rings is 1. The van der Waals surface area contributed by atoms with Crippen LogP contribution in [0.4, 0.5) is 0 Å². The number of carbonyl (C=O) groups is 1. The van der Waals surface area contributed by atoms with Gasteiger partial charge in [0.05, 0.1) is 22.7 Å². The number of carboxylic acids is 1. The first-order valence-corrected chi connectivity index (χ1v) is 7.44. The Labute approximate surface area is 142 Å². The Hall–Kier alpha value is -2.37. The fourth-order valence-electron chi connectivity index (χ4n) is 2.32. The van der Waals surface area contributed by atoms with Crippen molar-refractivity contribution in [2.24, 2.45) is 0 Å². The Morgan fingerprint density at radius 1 is 1.17 bits per heavy atom. The highest BCUT2D eigenvalue weighted by atomic mass is 35.5. The van der Waals surface area contributed by atoms with E-state index in [9.17, 15) is 4.79 Å². The van der Waals surface area contributed by atoms with E-state index in [-0.39, 0.29) is 6.54 Å². The number of aromatic nitrogens is 3. The summed E-state index contributed by atoms with van der Waals surface area (Å²) in [4.78, 5) is 19.4. The minimum atomic E-state index is -0.962. The molecule has 2 heterocycles. The maximum absolute atomic E-state index is 11.1. The lowest BCUT2D eigenvalue weighted by Gasteiger charge is -2.10. The average Bonchev–Trinajstić information content (AvgIpc) is 2.91. The van der Waals surface area contributed by atoms with Gasteiger partial charge in [-0.15, -0.1) is 0 Å². The summed E-state index contributed by atoms with van der Waals surface area (Å²) in [5, 5.41) is 10.2. The van der Waals surface area contributed by atoms with Gasteiger partial charge in [0.25, 0.3) is 0 Å². The first-order chi connectivity index (χ1) is 11.1. The normalized spacial score (nSPS) is 10.7.